The van der Waals surface area contributed by atoms with E-state index in [1.807, 2.05) is 27.8 Å². The molecular weight excluding hydrogens is 845 g/mol. The molecular formula is C50H88N6O10. The number of carbonyl (C=O) groups excluding carboxylic acids is 3. The summed E-state index contributed by atoms with van der Waals surface area (Å²) in [5, 5.41) is 58.0. The van der Waals surface area contributed by atoms with Crippen LogP contribution in [0.3, 0.4) is 0 Å². The predicted molar refractivity (Wildman–Crippen MR) is 257 cm³/mol. The molecule has 4 aliphatic rings. The van der Waals surface area contributed by atoms with Gasteiger partial charge in [-0.3, -0.25) is 9.79 Å². The summed E-state index contributed by atoms with van der Waals surface area (Å²) in [5.74, 6) is -1.20. The van der Waals surface area contributed by atoms with Gasteiger partial charge in [0, 0.05) is 43.9 Å². The largest absolute Gasteiger partial charge is 0.492 e. The molecule has 1 saturated heterocycles. The van der Waals surface area contributed by atoms with Crippen molar-refractivity contribution < 1.29 is 49.0 Å². The highest BCUT2D eigenvalue weighted by Crippen LogP contribution is 2.48. The molecule has 2 aliphatic carbocycles. The zero-order valence-corrected chi connectivity index (χ0v) is 42.6. The van der Waals surface area contributed by atoms with Gasteiger partial charge in [0.05, 0.1) is 36.9 Å². The quantitative estimate of drug-likeness (QED) is 0.106. The van der Waals surface area contributed by atoms with Crippen LogP contribution >= 0.6 is 0 Å². The average molecular weight is 933 g/mol. The van der Waals surface area contributed by atoms with Gasteiger partial charge in [0.25, 0.3) is 5.91 Å². The number of allylic oxidation sites excluding steroid dienone is 1. The number of likely N-dealkylation sites (N-methyl/N-ethyl adjacent to an activating group) is 2. The molecule has 2 saturated carbocycles. The Morgan fingerprint density at radius 2 is 1.67 bits per heavy atom. The van der Waals surface area contributed by atoms with E-state index in [-0.39, 0.29) is 48.5 Å². The molecule has 378 valence electrons. The number of rotatable bonds is 15. The van der Waals surface area contributed by atoms with Crippen LogP contribution in [0.4, 0.5) is 9.59 Å². The summed E-state index contributed by atoms with van der Waals surface area (Å²) in [7, 11) is 3.40. The van der Waals surface area contributed by atoms with Gasteiger partial charge in [0.1, 0.15) is 23.1 Å². The number of ether oxygens (including phenoxy) is 3. The number of hydrogen-bond donors (Lipinski definition) is 7. The van der Waals surface area contributed by atoms with Gasteiger partial charge in [-0.25, -0.2) is 9.59 Å². The first-order valence-corrected chi connectivity index (χ1v) is 24.4. The zero-order chi connectivity index (χ0) is 49.5. The molecule has 0 bridgehead atoms. The Hall–Kier alpha value is -3.28. The van der Waals surface area contributed by atoms with Crippen LogP contribution in [-0.2, 0) is 19.0 Å². The maximum Gasteiger partial charge on any atom is 0.410 e. The van der Waals surface area contributed by atoms with E-state index in [0.29, 0.717) is 56.9 Å². The number of carbonyl (C=O) groups is 3. The van der Waals surface area contributed by atoms with Gasteiger partial charge in [-0.15, -0.1) is 0 Å². The first-order valence-electron chi connectivity index (χ1n) is 24.4. The molecule has 4 rings (SSSR count). The molecule has 0 aromatic carbocycles. The molecule has 2 heterocycles. The Labute approximate surface area is 395 Å². The number of likely N-dealkylation sites (tertiary alicyclic amines) is 1. The van der Waals surface area contributed by atoms with Crippen LogP contribution in [-0.4, -0.2) is 160 Å². The highest BCUT2D eigenvalue weighted by atomic mass is 16.6. The lowest BCUT2D eigenvalue weighted by Crippen LogP contribution is -2.67. The van der Waals surface area contributed by atoms with Crippen molar-refractivity contribution in [3.63, 3.8) is 0 Å². The fourth-order valence-electron chi connectivity index (χ4n) is 10.5. The van der Waals surface area contributed by atoms with Crippen molar-refractivity contribution in [2.24, 2.45) is 40.0 Å². The fraction of sp³-hybridized carbons (Fsp3) is 0.840. The lowest BCUT2D eigenvalue weighted by Gasteiger charge is -2.54. The van der Waals surface area contributed by atoms with Crippen LogP contribution in [0.1, 0.15) is 128 Å². The number of nitrogens with zero attached hydrogens (tertiary/aromatic N) is 3. The van der Waals surface area contributed by atoms with E-state index in [9.17, 15) is 34.8 Å². The van der Waals surface area contributed by atoms with Crippen LogP contribution < -0.4 is 16.0 Å². The van der Waals surface area contributed by atoms with Gasteiger partial charge in [0.2, 0.25) is 0 Å². The lowest BCUT2D eigenvalue weighted by molar-refractivity contribution is -0.164. The van der Waals surface area contributed by atoms with Crippen molar-refractivity contribution in [2.75, 3.05) is 46.8 Å². The Morgan fingerprint density at radius 3 is 2.24 bits per heavy atom. The topological polar surface area (TPSA) is 215 Å². The number of nitrogens with one attached hydrogen (secondary N) is 3. The van der Waals surface area contributed by atoms with Crippen molar-refractivity contribution in [1.82, 2.24) is 25.8 Å². The zero-order valence-electron chi connectivity index (χ0n) is 42.6. The molecule has 0 radical (unpaired) electrons. The van der Waals surface area contributed by atoms with Crippen LogP contribution in [0.2, 0.25) is 0 Å². The Kier molecular flexibility index (Phi) is 19.2. The summed E-state index contributed by atoms with van der Waals surface area (Å²) in [4.78, 5) is 47.4. The molecule has 12 unspecified atom stereocenters. The van der Waals surface area contributed by atoms with E-state index < -0.39 is 71.0 Å². The van der Waals surface area contributed by atoms with E-state index in [2.05, 4.69) is 61.3 Å². The van der Waals surface area contributed by atoms with Gasteiger partial charge in [0.15, 0.2) is 6.10 Å². The first-order chi connectivity index (χ1) is 30.5. The molecule has 66 heavy (non-hydrogen) atoms. The standard InChI is InChI=1S/C50H88N6O10/c1-15-32(26-47(3,4)5)53-29-38(57)44(60)54-37-24-30(2)35(41(58)40(37)34-18-21-50(12,63)43(42(34)59)55(14)45(61)65-48(6,7)8)25-39-36(51-13)17-16-33(64-39)28-52-27-31-19-22-56(23-20-31)46(62)66-49(9,10)11/h15-16,30-31,34-43,51-52,57-59,63H,1,17-29H2,2-14H3,(H,54,60). The van der Waals surface area contributed by atoms with Crippen LogP contribution in [0.25, 0.3) is 0 Å². The van der Waals surface area contributed by atoms with E-state index in [0.717, 1.165) is 31.6 Å². The fourth-order valence-corrected chi connectivity index (χ4v) is 10.5. The van der Waals surface area contributed by atoms with Gasteiger partial charge in [-0.2, -0.15) is 0 Å². The number of hydrogen-bond acceptors (Lipinski definition) is 13. The smallest absolute Gasteiger partial charge is 0.410 e. The van der Waals surface area contributed by atoms with Gasteiger partial charge in [-0.05, 0) is 155 Å². The number of aliphatic hydroxyl groups excluding tert-OH is 3. The summed E-state index contributed by atoms with van der Waals surface area (Å²) >= 11 is 0. The Morgan fingerprint density at radius 1 is 1.03 bits per heavy atom. The number of amides is 3. The maximum atomic E-state index is 13.8. The van der Waals surface area contributed by atoms with Crippen LogP contribution in [0.15, 0.2) is 29.5 Å². The second-order valence-corrected chi connectivity index (χ2v) is 23.2. The maximum absolute atomic E-state index is 13.8. The lowest BCUT2D eigenvalue weighted by atomic mass is 9.59. The molecule has 3 fully saturated rings. The number of piperidine rings is 1. The highest BCUT2D eigenvalue weighted by Gasteiger charge is 2.56. The van der Waals surface area contributed by atoms with Crippen molar-refractivity contribution in [1.29, 1.82) is 0 Å². The molecule has 0 aromatic heterocycles. The van der Waals surface area contributed by atoms with E-state index in [1.165, 1.54) is 11.9 Å². The third kappa shape index (κ3) is 15.6. The van der Waals surface area contributed by atoms with Crippen molar-refractivity contribution in [3.05, 3.63) is 24.5 Å². The Balaban J connectivity index is 1.53. The Bertz CT molecular complexity index is 1690. The first kappa shape index (κ1) is 55.3. The van der Waals surface area contributed by atoms with Crippen molar-refractivity contribution in [2.45, 2.75) is 187 Å². The second-order valence-electron chi connectivity index (χ2n) is 23.2. The SMILES string of the molecule is C=CC(CC(C)(C)C)=NCC(O)C(=O)NC1CC(C)C(CC2OC(CNCC3CCN(C(=O)OC(C)(C)C)CC3)=CCC2NC)C(O)C1C1CCC(C)(O)C(N(C)C(=O)OC(C)(C)C)C1O. The summed E-state index contributed by atoms with van der Waals surface area (Å²) in [6.07, 6.45) is 3.22. The summed E-state index contributed by atoms with van der Waals surface area (Å²) in [6.45, 7) is 27.1. The molecule has 12 atom stereocenters. The minimum absolute atomic E-state index is 0.0297. The molecule has 0 spiro atoms. The molecule has 0 aromatic rings. The number of aliphatic imine (C=N–C) groups is 1. The van der Waals surface area contributed by atoms with Gasteiger partial charge >= 0.3 is 12.2 Å². The van der Waals surface area contributed by atoms with E-state index >= 15 is 0 Å². The molecule has 2 aliphatic heterocycles. The predicted octanol–water partition coefficient (Wildman–Crippen LogP) is 5.17. The van der Waals surface area contributed by atoms with E-state index in [1.54, 1.807) is 38.7 Å². The molecule has 16 heteroatoms. The van der Waals surface area contributed by atoms with Crippen molar-refractivity contribution in [3.8, 4) is 0 Å². The van der Waals surface area contributed by atoms with Gasteiger partial charge in [-0.1, -0.05) is 34.3 Å². The third-order valence-corrected chi connectivity index (χ3v) is 13.9. The number of aliphatic hydroxyl groups is 4. The summed E-state index contributed by atoms with van der Waals surface area (Å²) in [5.41, 5.74) is -2.23. The molecule has 3 amide bonds. The van der Waals surface area contributed by atoms with Crippen molar-refractivity contribution >= 4 is 23.8 Å². The van der Waals surface area contributed by atoms with E-state index in [4.69, 9.17) is 14.2 Å². The van der Waals surface area contributed by atoms with Crippen LogP contribution in [0.5, 0.6) is 0 Å². The minimum atomic E-state index is -1.49. The summed E-state index contributed by atoms with van der Waals surface area (Å²) < 4.78 is 17.9. The average Bonchev–Trinajstić information content (AvgIpc) is 3.20. The molecule has 7 N–H and O–H groups in total. The van der Waals surface area contributed by atoms with Crippen LogP contribution in [0, 0.1) is 35.0 Å². The minimum Gasteiger partial charge on any atom is -0.492 e. The molecule has 16 nitrogen and oxygen atoms in total. The summed E-state index contributed by atoms with van der Waals surface area (Å²) in [6, 6.07) is -1.78. The second kappa shape index (κ2) is 22.9. The highest BCUT2D eigenvalue weighted by molar-refractivity contribution is 5.95. The van der Waals surface area contributed by atoms with Gasteiger partial charge < -0.3 is 60.4 Å². The normalized spacial score (nSPS) is 32.1. The third-order valence-electron chi connectivity index (χ3n) is 13.9. The monoisotopic (exact) mass is 933 g/mol.